The van der Waals surface area contributed by atoms with Crippen LogP contribution >= 0.6 is 0 Å². The Hall–Kier alpha value is -1.63. The molecule has 0 saturated heterocycles. The highest BCUT2D eigenvalue weighted by Crippen LogP contribution is 1.93. The minimum absolute atomic E-state index is 0.146. The molecule has 1 atom stereocenters. The largest absolute Gasteiger partial charge is 0.452 e. The molecule has 0 fully saturated rings. The highest BCUT2D eigenvalue weighted by atomic mass is 17.2. The van der Waals surface area contributed by atoms with E-state index in [2.05, 4.69) is 14.5 Å². The van der Waals surface area contributed by atoms with E-state index in [1.165, 1.54) is 6.92 Å². The standard InChI is InChI=1S/C9H15NO6/c1-3-4-7(11)15-16-8(12)5-14-9(13)6(2)10/h6H,3-5,10H2,1-2H3. The fourth-order valence-corrected chi connectivity index (χ4v) is 0.624. The van der Waals surface area contributed by atoms with Gasteiger partial charge in [0.25, 0.3) is 0 Å². The minimum atomic E-state index is -0.974. The Labute approximate surface area is 92.8 Å². The van der Waals surface area contributed by atoms with Gasteiger partial charge in [-0.25, -0.2) is 19.4 Å². The molecule has 7 nitrogen and oxygen atoms in total. The van der Waals surface area contributed by atoms with Crippen LogP contribution in [-0.4, -0.2) is 30.6 Å². The number of hydrogen-bond acceptors (Lipinski definition) is 7. The molecule has 0 aromatic rings. The summed E-state index contributed by atoms with van der Waals surface area (Å²) in [6.07, 6.45) is 0.725. The molecule has 1 unspecified atom stereocenters. The first-order valence-electron chi connectivity index (χ1n) is 4.79. The second kappa shape index (κ2) is 7.63. The van der Waals surface area contributed by atoms with Crippen molar-refractivity contribution >= 4 is 17.9 Å². The van der Waals surface area contributed by atoms with E-state index in [0.29, 0.717) is 6.42 Å². The molecule has 0 heterocycles. The van der Waals surface area contributed by atoms with E-state index < -0.39 is 30.6 Å². The molecule has 0 spiro atoms. The summed E-state index contributed by atoms with van der Waals surface area (Å²) in [5.74, 6) is -2.37. The number of carbonyl (C=O) groups is 3. The normalized spacial score (nSPS) is 11.4. The summed E-state index contributed by atoms with van der Waals surface area (Å²) in [5.41, 5.74) is 5.17. The van der Waals surface area contributed by atoms with E-state index in [-0.39, 0.29) is 6.42 Å². The van der Waals surface area contributed by atoms with Crippen molar-refractivity contribution in [3.05, 3.63) is 0 Å². The summed E-state index contributed by atoms with van der Waals surface area (Å²) >= 11 is 0. The number of ether oxygens (including phenoxy) is 1. The summed E-state index contributed by atoms with van der Waals surface area (Å²) in [6.45, 7) is 2.54. The van der Waals surface area contributed by atoms with E-state index in [1.807, 2.05) is 0 Å². The summed E-state index contributed by atoms with van der Waals surface area (Å²) in [4.78, 5) is 40.7. The second-order valence-corrected chi connectivity index (χ2v) is 3.06. The van der Waals surface area contributed by atoms with Crippen LogP contribution in [0.4, 0.5) is 0 Å². The maximum atomic E-state index is 10.9. The third-order valence-electron chi connectivity index (χ3n) is 1.39. The van der Waals surface area contributed by atoms with Crippen molar-refractivity contribution in [1.82, 2.24) is 0 Å². The maximum Gasteiger partial charge on any atom is 0.392 e. The minimum Gasteiger partial charge on any atom is -0.452 e. The first kappa shape index (κ1) is 14.4. The third-order valence-corrected chi connectivity index (χ3v) is 1.39. The van der Waals surface area contributed by atoms with Crippen LogP contribution in [0, 0.1) is 0 Å². The number of esters is 1. The Bertz CT molecular complexity index is 263. The first-order valence-corrected chi connectivity index (χ1v) is 4.79. The van der Waals surface area contributed by atoms with Crippen LogP contribution in [0.5, 0.6) is 0 Å². The van der Waals surface area contributed by atoms with Crippen LogP contribution in [0.1, 0.15) is 26.7 Å². The molecule has 92 valence electrons. The quantitative estimate of drug-likeness (QED) is 0.394. The summed E-state index contributed by atoms with van der Waals surface area (Å²) in [5, 5.41) is 0. The molecule has 0 aromatic carbocycles. The average molecular weight is 233 g/mol. The van der Waals surface area contributed by atoms with Crippen LogP contribution in [0.15, 0.2) is 0 Å². The summed E-state index contributed by atoms with van der Waals surface area (Å²) in [6, 6.07) is -0.824. The van der Waals surface area contributed by atoms with E-state index in [4.69, 9.17) is 5.73 Å². The van der Waals surface area contributed by atoms with Crippen LogP contribution in [0.2, 0.25) is 0 Å². The lowest BCUT2D eigenvalue weighted by molar-refractivity contribution is -0.261. The Morgan fingerprint density at radius 1 is 1.19 bits per heavy atom. The van der Waals surface area contributed by atoms with Crippen molar-refractivity contribution in [2.24, 2.45) is 5.73 Å². The van der Waals surface area contributed by atoms with Crippen LogP contribution in [0.25, 0.3) is 0 Å². The smallest absolute Gasteiger partial charge is 0.392 e. The van der Waals surface area contributed by atoms with Crippen molar-refractivity contribution in [2.45, 2.75) is 32.7 Å². The molecule has 0 bridgehead atoms. The zero-order valence-electron chi connectivity index (χ0n) is 9.23. The van der Waals surface area contributed by atoms with Gasteiger partial charge in [-0.05, 0) is 13.3 Å². The summed E-state index contributed by atoms with van der Waals surface area (Å²) < 4.78 is 4.43. The highest BCUT2D eigenvalue weighted by molar-refractivity contribution is 5.79. The molecule has 16 heavy (non-hydrogen) atoms. The predicted octanol–water partition coefficient (Wildman–Crippen LogP) is -0.322. The Kier molecular flexibility index (Phi) is 6.86. The SMILES string of the molecule is CCCC(=O)OOC(=O)COC(=O)C(C)N. The fourth-order valence-electron chi connectivity index (χ4n) is 0.624. The van der Waals surface area contributed by atoms with Gasteiger partial charge in [-0.1, -0.05) is 6.92 Å². The zero-order chi connectivity index (χ0) is 12.6. The van der Waals surface area contributed by atoms with Crippen LogP contribution in [0.3, 0.4) is 0 Å². The summed E-state index contributed by atoms with van der Waals surface area (Å²) in [7, 11) is 0. The molecule has 2 N–H and O–H groups in total. The van der Waals surface area contributed by atoms with Gasteiger partial charge >= 0.3 is 17.9 Å². The van der Waals surface area contributed by atoms with E-state index in [9.17, 15) is 14.4 Å². The van der Waals surface area contributed by atoms with Crippen LogP contribution in [-0.2, 0) is 28.9 Å². The number of nitrogens with two attached hydrogens (primary N) is 1. The molecule has 0 aliphatic rings. The molecule has 7 heteroatoms. The second-order valence-electron chi connectivity index (χ2n) is 3.06. The van der Waals surface area contributed by atoms with Gasteiger partial charge in [-0.15, -0.1) is 0 Å². The van der Waals surface area contributed by atoms with Crippen molar-refractivity contribution in [2.75, 3.05) is 6.61 Å². The zero-order valence-corrected chi connectivity index (χ0v) is 9.23. The van der Waals surface area contributed by atoms with Gasteiger partial charge in [-0.3, -0.25) is 4.79 Å². The number of hydrogen-bond donors (Lipinski definition) is 1. The van der Waals surface area contributed by atoms with Gasteiger partial charge in [0.2, 0.25) is 0 Å². The van der Waals surface area contributed by atoms with Crippen molar-refractivity contribution in [3.63, 3.8) is 0 Å². The van der Waals surface area contributed by atoms with Crippen molar-refractivity contribution < 1.29 is 28.9 Å². The number of carbonyl (C=O) groups excluding carboxylic acids is 3. The highest BCUT2D eigenvalue weighted by Gasteiger charge is 2.14. The monoisotopic (exact) mass is 233 g/mol. The lowest BCUT2D eigenvalue weighted by Crippen LogP contribution is -2.30. The maximum absolute atomic E-state index is 10.9. The van der Waals surface area contributed by atoms with E-state index in [0.717, 1.165) is 0 Å². The number of rotatable bonds is 5. The van der Waals surface area contributed by atoms with Gasteiger partial charge in [0.15, 0.2) is 6.61 Å². The lowest BCUT2D eigenvalue weighted by Gasteiger charge is -2.05. The van der Waals surface area contributed by atoms with Gasteiger partial charge in [-0.2, -0.15) is 0 Å². The third kappa shape index (κ3) is 6.77. The Balaban J connectivity index is 3.67. The molecule has 0 saturated carbocycles. The van der Waals surface area contributed by atoms with Gasteiger partial charge in [0.1, 0.15) is 6.04 Å². The van der Waals surface area contributed by atoms with Gasteiger partial charge in [0.05, 0.1) is 0 Å². The first-order chi connectivity index (χ1) is 7.47. The van der Waals surface area contributed by atoms with Gasteiger partial charge < -0.3 is 10.5 Å². The topological polar surface area (TPSA) is 105 Å². The molecule has 0 aliphatic heterocycles. The van der Waals surface area contributed by atoms with Gasteiger partial charge in [0, 0.05) is 6.42 Å². The van der Waals surface area contributed by atoms with Crippen LogP contribution < -0.4 is 5.73 Å². The Morgan fingerprint density at radius 3 is 2.25 bits per heavy atom. The average Bonchev–Trinajstić information content (AvgIpc) is 2.23. The predicted molar refractivity (Wildman–Crippen MR) is 51.7 cm³/mol. The molecular formula is C9H15NO6. The van der Waals surface area contributed by atoms with Crippen molar-refractivity contribution in [1.29, 1.82) is 0 Å². The fraction of sp³-hybridized carbons (Fsp3) is 0.667. The molecule has 0 amide bonds. The molecule has 0 rings (SSSR count). The van der Waals surface area contributed by atoms with E-state index in [1.54, 1.807) is 6.92 Å². The van der Waals surface area contributed by atoms with Crippen molar-refractivity contribution in [3.8, 4) is 0 Å². The molecule has 0 radical (unpaired) electrons. The molecule has 0 aliphatic carbocycles. The lowest BCUT2D eigenvalue weighted by atomic mass is 10.3. The molecule has 0 aromatic heterocycles. The Morgan fingerprint density at radius 2 is 1.75 bits per heavy atom. The van der Waals surface area contributed by atoms with E-state index >= 15 is 0 Å². The molecular weight excluding hydrogens is 218 g/mol.